The molecular weight excluding hydrogens is 458 g/mol. The number of thiophene rings is 1. The summed E-state index contributed by atoms with van der Waals surface area (Å²) >= 11 is 1.20. The first-order valence-electron chi connectivity index (χ1n) is 10.4. The molecule has 3 aromatic rings. The number of likely N-dealkylation sites (N-methyl/N-ethyl adjacent to an activating group) is 1. The van der Waals surface area contributed by atoms with E-state index in [1.807, 2.05) is 7.05 Å². The van der Waals surface area contributed by atoms with E-state index in [9.17, 15) is 18.4 Å². The first-order valence-corrected chi connectivity index (χ1v) is 11.2. The Balaban J connectivity index is 1.38. The topological polar surface area (TPSA) is 106 Å². The molecule has 176 valence electrons. The molecule has 2 fully saturated rings. The second-order valence-corrected chi connectivity index (χ2v) is 9.21. The van der Waals surface area contributed by atoms with Gasteiger partial charge in [-0.1, -0.05) is 11.3 Å². The molecule has 0 saturated carbocycles. The zero-order valence-electron chi connectivity index (χ0n) is 17.7. The number of halogens is 2. The van der Waals surface area contributed by atoms with Crippen molar-refractivity contribution in [1.82, 2.24) is 24.4 Å². The van der Waals surface area contributed by atoms with Crippen LogP contribution in [0.4, 0.5) is 14.6 Å². The third-order valence-corrected chi connectivity index (χ3v) is 6.78. The minimum atomic E-state index is -3.06. The van der Waals surface area contributed by atoms with E-state index >= 15 is 0 Å². The predicted molar refractivity (Wildman–Crippen MR) is 118 cm³/mol. The van der Waals surface area contributed by atoms with Crippen LogP contribution in [-0.2, 0) is 9.47 Å². The Morgan fingerprint density at radius 2 is 2.18 bits per heavy atom. The van der Waals surface area contributed by atoms with Gasteiger partial charge in [0.15, 0.2) is 0 Å². The van der Waals surface area contributed by atoms with Crippen LogP contribution in [0.15, 0.2) is 34.2 Å². The van der Waals surface area contributed by atoms with Crippen LogP contribution in [0.1, 0.15) is 0 Å². The number of hydrogen-bond acceptors (Lipinski definition) is 9. The zero-order chi connectivity index (χ0) is 23.2. The molecule has 1 N–H and O–H groups in total. The minimum absolute atomic E-state index is 0.0363. The molecular formula is C20H22F2N6O4S. The number of hydrogen-bond donors (Lipinski definition) is 1. The van der Waals surface area contributed by atoms with Gasteiger partial charge in [0.2, 0.25) is 0 Å². The number of nitrogens with one attached hydrogen (secondary N) is 1. The number of aromatic amines is 1. The highest BCUT2D eigenvalue weighted by Gasteiger charge is 2.50. The van der Waals surface area contributed by atoms with Crippen molar-refractivity contribution in [1.29, 1.82) is 0 Å². The van der Waals surface area contributed by atoms with E-state index in [4.69, 9.17) is 9.47 Å². The maximum Gasteiger partial charge on any atom is 0.333 e. The predicted octanol–water partition coefficient (Wildman–Crippen LogP) is 0.702. The Bertz CT molecular complexity index is 1280. The molecule has 0 spiro atoms. The van der Waals surface area contributed by atoms with Gasteiger partial charge in [-0.15, -0.1) is 0 Å². The van der Waals surface area contributed by atoms with Gasteiger partial charge in [0.05, 0.1) is 37.8 Å². The summed E-state index contributed by atoms with van der Waals surface area (Å²) in [6, 6.07) is 2.89. The maximum absolute atomic E-state index is 14.8. The van der Waals surface area contributed by atoms with E-state index in [2.05, 4.69) is 19.9 Å². The fourth-order valence-corrected chi connectivity index (χ4v) is 5.05. The highest BCUT2D eigenvalue weighted by molar-refractivity contribution is 7.21. The summed E-state index contributed by atoms with van der Waals surface area (Å²) in [6.07, 6.45) is 1.14. The Kier molecular flexibility index (Phi) is 5.72. The largest absolute Gasteiger partial charge is 0.373 e. The summed E-state index contributed by atoms with van der Waals surface area (Å²) in [5.41, 5.74) is -1.10. The fourth-order valence-electron chi connectivity index (χ4n) is 4.07. The van der Waals surface area contributed by atoms with E-state index in [1.165, 1.54) is 39.4 Å². The third kappa shape index (κ3) is 4.40. The Morgan fingerprint density at radius 1 is 1.33 bits per heavy atom. The van der Waals surface area contributed by atoms with Crippen LogP contribution in [0, 0.1) is 0 Å². The van der Waals surface area contributed by atoms with Gasteiger partial charge in [0.25, 0.3) is 11.5 Å². The second-order valence-electron chi connectivity index (χ2n) is 8.20. The van der Waals surface area contributed by atoms with Gasteiger partial charge >= 0.3 is 5.69 Å². The third-order valence-electron chi connectivity index (χ3n) is 5.74. The number of H-pyrrole nitrogens is 1. The summed E-state index contributed by atoms with van der Waals surface area (Å²) in [5, 5.41) is 1.04. The van der Waals surface area contributed by atoms with Crippen LogP contribution in [0.25, 0.3) is 15.2 Å². The van der Waals surface area contributed by atoms with E-state index in [0.29, 0.717) is 34.2 Å². The smallest absolute Gasteiger partial charge is 0.333 e. The molecule has 2 unspecified atom stereocenters. The summed E-state index contributed by atoms with van der Waals surface area (Å²) in [4.78, 5) is 38.3. The molecule has 2 aliphatic rings. The lowest BCUT2D eigenvalue weighted by molar-refractivity contribution is -0.136. The van der Waals surface area contributed by atoms with Crippen LogP contribution < -0.4 is 16.1 Å². The van der Waals surface area contributed by atoms with Gasteiger partial charge in [-0.05, 0) is 13.1 Å². The van der Waals surface area contributed by atoms with Crippen molar-refractivity contribution in [3.8, 4) is 5.00 Å². The molecule has 10 nitrogen and oxygen atoms in total. The van der Waals surface area contributed by atoms with Crippen molar-refractivity contribution in [3.05, 3.63) is 45.5 Å². The summed E-state index contributed by atoms with van der Waals surface area (Å²) < 4.78 is 42.1. The van der Waals surface area contributed by atoms with Crippen molar-refractivity contribution in [3.63, 3.8) is 0 Å². The number of nitrogens with zero attached hydrogens (tertiary/aromatic N) is 5. The molecule has 0 radical (unpaired) electrons. The SMILES string of the molecule is CN1CCOC(COC2CN(c3ncnc4sc(-n5ccc(=O)[nH]c5=O)cc34)CC2(F)F)C1. The number of aromatic nitrogens is 4. The standard InChI is InChI=1S/C20H22F2N6O4S/c1-26-4-5-31-12(7-26)9-32-14-8-27(10-20(14,21)22)17-13-6-16(33-18(13)24-11-23-17)28-3-2-15(29)25-19(28)30/h2-3,6,11-12,14H,4-5,7-10H2,1H3,(H,25,29,30). The van der Waals surface area contributed by atoms with Crippen molar-refractivity contribution in [2.45, 2.75) is 18.1 Å². The molecule has 5 heterocycles. The normalized spacial score (nSPS) is 23.4. The van der Waals surface area contributed by atoms with E-state index in [0.717, 1.165) is 6.54 Å². The van der Waals surface area contributed by atoms with Gasteiger partial charge in [0, 0.05) is 25.4 Å². The van der Waals surface area contributed by atoms with Crippen LogP contribution >= 0.6 is 11.3 Å². The quantitative estimate of drug-likeness (QED) is 0.569. The molecule has 13 heteroatoms. The number of ether oxygens (including phenoxy) is 2. The number of fused-ring (bicyclic) bond motifs is 1. The lowest BCUT2D eigenvalue weighted by Crippen LogP contribution is -2.44. The first-order chi connectivity index (χ1) is 15.8. The van der Waals surface area contributed by atoms with Gasteiger partial charge in [0.1, 0.15) is 28.1 Å². The molecule has 0 aliphatic carbocycles. The fraction of sp³-hybridized carbons (Fsp3) is 0.500. The van der Waals surface area contributed by atoms with Crippen molar-refractivity contribution < 1.29 is 18.3 Å². The molecule has 2 atom stereocenters. The lowest BCUT2D eigenvalue weighted by atomic mass is 10.2. The minimum Gasteiger partial charge on any atom is -0.373 e. The first kappa shape index (κ1) is 22.1. The van der Waals surface area contributed by atoms with Crippen LogP contribution in [0.2, 0.25) is 0 Å². The number of rotatable bonds is 5. The summed E-state index contributed by atoms with van der Waals surface area (Å²) in [7, 11) is 1.96. The van der Waals surface area contributed by atoms with Gasteiger partial charge in [-0.25, -0.2) is 23.5 Å². The Morgan fingerprint density at radius 3 is 2.97 bits per heavy atom. The molecule has 0 aromatic carbocycles. The maximum atomic E-state index is 14.8. The molecule has 3 aromatic heterocycles. The highest BCUT2D eigenvalue weighted by Crippen LogP contribution is 2.37. The zero-order valence-corrected chi connectivity index (χ0v) is 18.6. The Hall–Kier alpha value is -2.74. The van der Waals surface area contributed by atoms with E-state index in [-0.39, 0.29) is 19.3 Å². The summed E-state index contributed by atoms with van der Waals surface area (Å²) in [5.74, 6) is -2.72. The lowest BCUT2D eigenvalue weighted by Gasteiger charge is -2.31. The molecule has 0 bridgehead atoms. The van der Waals surface area contributed by atoms with Crippen molar-refractivity contribution >= 4 is 27.4 Å². The molecule has 2 aliphatic heterocycles. The molecule has 5 rings (SSSR count). The summed E-state index contributed by atoms with van der Waals surface area (Å²) in [6.45, 7) is 1.51. The van der Waals surface area contributed by atoms with Crippen molar-refractivity contribution in [2.24, 2.45) is 0 Å². The van der Waals surface area contributed by atoms with Crippen LogP contribution in [0.5, 0.6) is 0 Å². The molecule has 0 amide bonds. The highest BCUT2D eigenvalue weighted by atomic mass is 32.1. The molecule has 33 heavy (non-hydrogen) atoms. The van der Waals surface area contributed by atoms with Crippen LogP contribution in [0.3, 0.4) is 0 Å². The van der Waals surface area contributed by atoms with Gasteiger partial charge in [-0.3, -0.25) is 14.3 Å². The number of morpholine rings is 1. The molecule has 2 saturated heterocycles. The van der Waals surface area contributed by atoms with E-state index in [1.54, 1.807) is 6.07 Å². The van der Waals surface area contributed by atoms with Gasteiger partial charge < -0.3 is 19.3 Å². The Labute approximate surface area is 190 Å². The number of alkyl halides is 2. The van der Waals surface area contributed by atoms with E-state index < -0.39 is 29.8 Å². The van der Waals surface area contributed by atoms with Crippen molar-refractivity contribution in [2.75, 3.05) is 51.3 Å². The van der Waals surface area contributed by atoms with Gasteiger partial charge in [-0.2, -0.15) is 0 Å². The monoisotopic (exact) mass is 480 g/mol. The average Bonchev–Trinajstić information content (AvgIpc) is 3.32. The van der Waals surface area contributed by atoms with Crippen LogP contribution in [-0.4, -0.2) is 89.0 Å². The second kappa shape index (κ2) is 8.56. The average molecular weight is 480 g/mol. The number of anilines is 1.